The number of carbonyl (C=O) groups excluding carboxylic acids is 2. The number of rotatable bonds is 4. The summed E-state index contributed by atoms with van der Waals surface area (Å²) in [6.45, 7) is 0.307. The number of ketones is 1. The number of anilines is 1. The summed E-state index contributed by atoms with van der Waals surface area (Å²) in [7, 11) is 0. The molecular weight excluding hydrogens is 349 g/mol. The summed E-state index contributed by atoms with van der Waals surface area (Å²) in [5.41, 5.74) is -3.58. The monoisotopic (exact) mass is 362 g/mol. The summed E-state index contributed by atoms with van der Waals surface area (Å²) in [5, 5.41) is 20.4. The van der Waals surface area contributed by atoms with Gasteiger partial charge in [-0.1, -0.05) is 30.3 Å². The minimum atomic E-state index is -5.19. The van der Waals surface area contributed by atoms with Gasteiger partial charge < -0.3 is 10.4 Å². The fourth-order valence-electron chi connectivity index (χ4n) is 2.02. The van der Waals surface area contributed by atoms with Crippen molar-refractivity contribution in [3.05, 3.63) is 65.2 Å². The number of hydrogen-bond acceptors (Lipinski definition) is 4. The lowest BCUT2D eigenvalue weighted by molar-refractivity contribution is -0.242. The second kappa shape index (κ2) is 6.98. The molecule has 2 rings (SSSR count). The lowest BCUT2D eigenvalue weighted by Gasteiger charge is -2.25. The molecule has 2 aromatic rings. The van der Waals surface area contributed by atoms with E-state index in [1.807, 2.05) is 5.32 Å². The van der Waals surface area contributed by atoms with Crippen LogP contribution in [-0.2, 0) is 4.79 Å². The third-order valence-electron chi connectivity index (χ3n) is 3.68. The van der Waals surface area contributed by atoms with Gasteiger partial charge in [0, 0.05) is 11.1 Å². The normalized spacial score (nSPS) is 13.4. The highest BCUT2D eigenvalue weighted by molar-refractivity contribution is 6.09. The Labute approximate surface area is 146 Å². The van der Waals surface area contributed by atoms with Gasteiger partial charge in [-0.2, -0.15) is 18.4 Å². The zero-order valence-corrected chi connectivity index (χ0v) is 13.5. The molecule has 0 saturated carbocycles. The maximum absolute atomic E-state index is 12.7. The second-order valence-corrected chi connectivity index (χ2v) is 5.59. The molecule has 0 fully saturated rings. The summed E-state index contributed by atoms with van der Waals surface area (Å²) < 4.78 is 38.1. The van der Waals surface area contributed by atoms with Gasteiger partial charge in [-0.05, 0) is 25.1 Å². The predicted octanol–water partition coefficient (Wildman–Crippen LogP) is 3.04. The number of alkyl halides is 3. The van der Waals surface area contributed by atoms with Crippen molar-refractivity contribution < 1.29 is 27.9 Å². The van der Waals surface area contributed by atoms with Crippen LogP contribution >= 0.6 is 0 Å². The van der Waals surface area contributed by atoms with E-state index in [4.69, 9.17) is 0 Å². The number of nitrogens with one attached hydrogen (secondary N) is 1. The second-order valence-electron chi connectivity index (χ2n) is 5.59. The highest BCUT2D eigenvalue weighted by Gasteiger charge is 2.55. The van der Waals surface area contributed by atoms with E-state index in [1.165, 1.54) is 6.07 Å². The van der Waals surface area contributed by atoms with E-state index >= 15 is 0 Å². The van der Waals surface area contributed by atoms with E-state index in [1.54, 1.807) is 36.4 Å². The molecule has 0 heterocycles. The van der Waals surface area contributed by atoms with Crippen LogP contribution in [0.2, 0.25) is 0 Å². The average Bonchev–Trinajstić information content (AvgIpc) is 2.61. The van der Waals surface area contributed by atoms with Crippen LogP contribution in [0.4, 0.5) is 18.9 Å². The van der Waals surface area contributed by atoms with Crippen molar-refractivity contribution in [3.8, 4) is 6.07 Å². The SMILES string of the molecule is CC(O)(C(=O)Nc1ccc(C(=O)c2ccccc2)cc1C#N)C(F)(F)F. The van der Waals surface area contributed by atoms with Crippen LogP contribution in [0.3, 0.4) is 0 Å². The van der Waals surface area contributed by atoms with E-state index < -0.39 is 17.7 Å². The quantitative estimate of drug-likeness (QED) is 0.818. The molecule has 1 atom stereocenters. The first-order valence-electron chi connectivity index (χ1n) is 7.32. The number of nitriles is 1. The van der Waals surface area contributed by atoms with Gasteiger partial charge >= 0.3 is 6.18 Å². The molecule has 0 spiro atoms. The zero-order valence-electron chi connectivity index (χ0n) is 13.5. The number of aliphatic hydroxyl groups is 1. The van der Waals surface area contributed by atoms with E-state index in [0.29, 0.717) is 12.5 Å². The number of hydrogen-bond donors (Lipinski definition) is 2. The summed E-state index contributed by atoms with van der Waals surface area (Å²) in [4.78, 5) is 24.1. The minimum Gasteiger partial charge on any atom is -0.373 e. The number of nitrogens with zero attached hydrogens (tertiary/aromatic N) is 1. The largest absolute Gasteiger partial charge is 0.426 e. The van der Waals surface area contributed by atoms with E-state index in [0.717, 1.165) is 12.1 Å². The van der Waals surface area contributed by atoms with Gasteiger partial charge in [-0.15, -0.1) is 0 Å². The van der Waals surface area contributed by atoms with Crippen LogP contribution in [0.15, 0.2) is 48.5 Å². The Morgan fingerprint density at radius 3 is 2.23 bits per heavy atom. The average molecular weight is 362 g/mol. The summed E-state index contributed by atoms with van der Waals surface area (Å²) in [6, 6.07) is 13.5. The molecule has 8 heteroatoms. The smallest absolute Gasteiger partial charge is 0.373 e. The molecular formula is C18H13F3N2O3. The van der Waals surface area contributed by atoms with Crippen LogP contribution in [0.5, 0.6) is 0 Å². The standard InChI is InChI=1S/C18H13F3N2O3/c1-17(26,18(19,20)21)16(25)23-14-8-7-12(9-13(14)10-22)15(24)11-5-3-2-4-6-11/h2-9,26H,1H3,(H,23,25). The minimum absolute atomic E-state index is 0.133. The van der Waals surface area contributed by atoms with Crippen LogP contribution in [0.1, 0.15) is 28.4 Å². The van der Waals surface area contributed by atoms with Crippen LogP contribution < -0.4 is 5.32 Å². The Balaban J connectivity index is 2.32. The van der Waals surface area contributed by atoms with Crippen molar-refractivity contribution in [3.63, 3.8) is 0 Å². The zero-order chi connectivity index (χ0) is 19.5. The molecule has 0 aliphatic carbocycles. The molecule has 5 nitrogen and oxygen atoms in total. The lowest BCUT2D eigenvalue weighted by atomic mass is 10.00. The molecule has 2 N–H and O–H groups in total. The van der Waals surface area contributed by atoms with E-state index in [9.17, 15) is 33.1 Å². The fourth-order valence-corrected chi connectivity index (χ4v) is 2.02. The van der Waals surface area contributed by atoms with E-state index in [-0.39, 0.29) is 22.6 Å². The van der Waals surface area contributed by atoms with E-state index in [2.05, 4.69) is 0 Å². The number of benzene rings is 2. The van der Waals surface area contributed by atoms with Crippen molar-refractivity contribution in [2.45, 2.75) is 18.7 Å². The highest BCUT2D eigenvalue weighted by Crippen LogP contribution is 2.31. The van der Waals surface area contributed by atoms with Gasteiger partial charge in [0.2, 0.25) is 5.60 Å². The van der Waals surface area contributed by atoms with Crippen molar-refractivity contribution in [2.24, 2.45) is 0 Å². The predicted molar refractivity (Wildman–Crippen MR) is 86.3 cm³/mol. The molecule has 0 aliphatic rings. The molecule has 0 aliphatic heterocycles. The summed E-state index contributed by atoms with van der Waals surface area (Å²) in [5.74, 6) is -2.12. The van der Waals surface area contributed by atoms with Gasteiger partial charge in [-0.3, -0.25) is 9.59 Å². The summed E-state index contributed by atoms with van der Waals surface area (Å²) in [6.07, 6.45) is -5.19. The molecule has 0 saturated heterocycles. The first-order chi connectivity index (χ1) is 12.1. The molecule has 134 valence electrons. The topological polar surface area (TPSA) is 90.2 Å². The Hall–Kier alpha value is -3.18. The Morgan fingerprint density at radius 2 is 1.69 bits per heavy atom. The maximum atomic E-state index is 12.7. The first-order valence-corrected chi connectivity index (χ1v) is 7.32. The third kappa shape index (κ3) is 3.73. The molecule has 0 aromatic heterocycles. The van der Waals surface area contributed by atoms with Gasteiger partial charge in [-0.25, -0.2) is 0 Å². The summed E-state index contributed by atoms with van der Waals surface area (Å²) >= 11 is 0. The molecule has 26 heavy (non-hydrogen) atoms. The Morgan fingerprint density at radius 1 is 1.08 bits per heavy atom. The number of halogens is 3. The molecule has 1 unspecified atom stereocenters. The molecule has 2 aromatic carbocycles. The first kappa shape index (κ1) is 19.1. The maximum Gasteiger partial charge on any atom is 0.426 e. The molecule has 1 amide bonds. The Bertz CT molecular complexity index is 885. The molecule has 0 bridgehead atoms. The van der Waals surface area contributed by atoms with Gasteiger partial charge in [0.15, 0.2) is 5.78 Å². The fraction of sp³-hybridized carbons (Fsp3) is 0.167. The lowest BCUT2D eigenvalue weighted by Crippen LogP contribution is -2.52. The molecule has 0 radical (unpaired) electrons. The number of carbonyl (C=O) groups is 2. The number of amides is 1. The van der Waals surface area contributed by atoms with Crippen molar-refractivity contribution >= 4 is 17.4 Å². The third-order valence-corrected chi connectivity index (χ3v) is 3.68. The Kier molecular flexibility index (Phi) is 5.14. The van der Waals surface area contributed by atoms with Crippen LogP contribution in [0.25, 0.3) is 0 Å². The van der Waals surface area contributed by atoms with Crippen molar-refractivity contribution in [1.82, 2.24) is 0 Å². The van der Waals surface area contributed by atoms with Crippen molar-refractivity contribution in [1.29, 1.82) is 5.26 Å². The highest BCUT2D eigenvalue weighted by atomic mass is 19.4. The van der Waals surface area contributed by atoms with Gasteiger partial charge in [0.05, 0.1) is 11.3 Å². The van der Waals surface area contributed by atoms with Crippen molar-refractivity contribution in [2.75, 3.05) is 5.32 Å². The van der Waals surface area contributed by atoms with Crippen LogP contribution in [-0.4, -0.2) is 28.6 Å². The van der Waals surface area contributed by atoms with Gasteiger partial charge in [0.1, 0.15) is 6.07 Å². The van der Waals surface area contributed by atoms with Crippen LogP contribution in [0, 0.1) is 11.3 Å². The van der Waals surface area contributed by atoms with Gasteiger partial charge in [0.25, 0.3) is 5.91 Å².